The van der Waals surface area contributed by atoms with Gasteiger partial charge in [0.25, 0.3) is 5.91 Å². The van der Waals surface area contributed by atoms with Crippen LogP contribution >= 0.6 is 15.9 Å². The van der Waals surface area contributed by atoms with Gasteiger partial charge < -0.3 is 4.74 Å². The maximum atomic E-state index is 11.4. The number of hydrogen-bond acceptors (Lipinski definition) is 4. The van der Waals surface area contributed by atoms with Crippen molar-refractivity contribution in [3.05, 3.63) is 76.3 Å². The minimum absolute atomic E-state index is 0.237. The first-order valence-electron chi connectivity index (χ1n) is 8.25. The van der Waals surface area contributed by atoms with Crippen molar-refractivity contribution in [3.63, 3.8) is 0 Å². The van der Waals surface area contributed by atoms with Gasteiger partial charge in [0.2, 0.25) is 0 Å². The summed E-state index contributed by atoms with van der Waals surface area (Å²) < 4.78 is 7.00. The van der Waals surface area contributed by atoms with Gasteiger partial charge >= 0.3 is 0 Å². The molecule has 0 aliphatic heterocycles. The van der Waals surface area contributed by atoms with Crippen molar-refractivity contribution in [2.75, 3.05) is 0 Å². The van der Waals surface area contributed by atoms with Crippen molar-refractivity contribution in [2.24, 2.45) is 5.10 Å². The average Bonchev–Trinajstić information content (AvgIpc) is 2.67. The summed E-state index contributed by atoms with van der Waals surface area (Å²) in [7, 11) is 0. The van der Waals surface area contributed by atoms with Crippen molar-refractivity contribution in [1.29, 1.82) is 5.26 Å². The average molecular weight is 422 g/mol. The van der Waals surface area contributed by atoms with Gasteiger partial charge in [0, 0.05) is 10.0 Å². The van der Waals surface area contributed by atoms with E-state index in [2.05, 4.69) is 26.5 Å². The minimum atomic E-state index is -0.453. The fourth-order valence-corrected chi connectivity index (χ4v) is 3.05. The standard InChI is InChI=1S/C21H16BrN3O2/c22-17-6-3-4-15(12-17)14-27-20-9-8-16-5-1-2-7-18(16)19(20)13-24-25-21(26)10-11-23/h1-9,12-13H,10,14H2,(H,25,26)/b24-13+. The molecule has 3 rings (SSSR count). The van der Waals surface area contributed by atoms with Gasteiger partial charge in [0.15, 0.2) is 0 Å². The Morgan fingerprint density at radius 2 is 2.04 bits per heavy atom. The third kappa shape index (κ3) is 4.93. The monoisotopic (exact) mass is 421 g/mol. The van der Waals surface area contributed by atoms with Crippen LogP contribution in [-0.2, 0) is 11.4 Å². The molecule has 0 fully saturated rings. The third-order valence-corrected chi connectivity index (χ3v) is 4.33. The van der Waals surface area contributed by atoms with E-state index in [0.717, 1.165) is 26.4 Å². The van der Waals surface area contributed by atoms with E-state index in [1.807, 2.05) is 60.7 Å². The van der Waals surface area contributed by atoms with Gasteiger partial charge in [-0.15, -0.1) is 0 Å². The molecule has 1 amide bonds. The summed E-state index contributed by atoms with van der Waals surface area (Å²) in [5.74, 6) is 0.206. The first-order valence-corrected chi connectivity index (χ1v) is 9.04. The van der Waals surface area contributed by atoms with Gasteiger partial charge in [0.05, 0.1) is 12.3 Å². The van der Waals surface area contributed by atoms with Crippen LogP contribution in [0.1, 0.15) is 17.5 Å². The largest absolute Gasteiger partial charge is 0.488 e. The molecule has 27 heavy (non-hydrogen) atoms. The van der Waals surface area contributed by atoms with E-state index in [9.17, 15) is 4.79 Å². The number of ether oxygens (including phenoxy) is 1. The summed E-state index contributed by atoms with van der Waals surface area (Å²) in [5, 5.41) is 14.5. The zero-order chi connectivity index (χ0) is 19.1. The van der Waals surface area contributed by atoms with Crippen LogP contribution in [0, 0.1) is 11.3 Å². The van der Waals surface area contributed by atoms with Crippen LogP contribution in [0.15, 0.2) is 70.2 Å². The summed E-state index contributed by atoms with van der Waals surface area (Å²) in [4.78, 5) is 11.4. The predicted molar refractivity (Wildman–Crippen MR) is 108 cm³/mol. The highest BCUT2D eigenvalue weighted by atomic mass is 79.9. The molecule has 0 heterocycles. The summed E-state index contributed by atoms with van der Waals surface area (Å²) >= 11 is 3.46. The number of carbonyl (C=O) groups excluding carboxylic acids is 1. The van der Waals surface area contributed by atoms with Gasteiger partial charge in [-0.2, -0.15) is 10.4 Å². The molecule has 0 aromatic heterocycles. The Labute approximate surface area is 165 Å². The Hall–Kier alpha value is -3.17. The number of fused-ring (bicyclic) bond motifs is 1. The van der Waals surface area contributed by atoms with Crippen LogP contribution in [0.5, 0.6) is 5.75 Å². The molecule has 6 heteroatoms. The molecule has 0 unspecified atom stereocenters. The van der Waals surface area contributed by atoms with E-state index in [1.54, 1.807) is 12.3 Å². The second-order valence-corrected chi connectivity index (χ2v) is 6.66. The maximum absolute atomic E-state index is 11.4. The Kier molecular flexibility index (Phi) is 6.18. The second-order valence-electron chi connectivity index (χ2n) is 5.75. The van der Waals surface area contributed by atoms with Gasteiger partial charge in [0.1, 0.15) is 18.8 Å². The number of nitrogens with zero attached hydrogens (tertiary/aromatic N) is 2. The van der Waals surface area contributed by atoms with E-state index < -0.39 is 5.91 Å². The summed E-state index contributed by atoms with van der Waals surface area (Å²) in [6.45, 7) is 0.402. The number of hydrogen-bond donors (Lipinski definition) is 1. The van der Waals surface area contributed by atoms with Crippen LogP contribution in [0.2, 0.25) is 0 Å². The van der Waals surface area contributed by atoms with E-state index in [0.29, 0.717) is 12.4 Å². The first-order chi connectivity index (χ1) is 13.2. The molecule has 1 N–H and O–H groups in total. The molecule has 0 spiro atoms. The normalized spacial score (nSPS) is 10.7. The second kappa shape index (κ2) is 8.97. The number of nitrogens with one attached hydrogen (secondary N) is 1. The fourth-order valence-electron chi connectivity index (χ4n) is 2.60. The van der Waals surface area contributed by atoms with Crippen LogP contribution in [0.4, 0.5) is 0 Å². The lowest BCUT2D eigenvalue weighted by Gasteiger charge is -2.12. The topological polar surface area (TPSA) is 74.5 Å². The molecule has 3 aromatic rings. The van der Waals surface area contributed by atoms with E-state index in [1.165, 1.54) is 0 Å². The van der Waals surface area contributed by atoms with E-state index in [4.69, 9.17) is 10.00 Å². The van der Waals surface area contributed by atoms with Gasteiger partial charge in [-0.3, -0.25) is 4.79 Å². The molecular formula is C21H16BrN3O2. The zero-order valence-electron chi connectivity index (χ0n) is 14.4. The van der Waals surface area contributed by atoms with Crippen LogP contribution in [-0.4, -0.2) is 12.1 Å². The Balaban J connectivity index is 1.88. The molecule has 0 saturated heterocycles. The molecular weight excluding hydrogens is 406 g/mol. The number of benzene rings is 3. The summed E-state index contributed by atoms with van der Waals surface area (Å²) in [5.41, 5.74) is 4.15. The predicted octanol–water partition coefficient (Wildman–Crippen LogP) is 4.55. The number of halogens is 1. The Bertz CT molecular complexity index is 1040. The number of amides is 1. The SMILES string of the molecule is N#CCC(=O)N/N=C/c1c(OCc2cccc(Br)c2)ccc2ccccc12. The van der Waals surface area contributed by atoms with Crippen LogP contribution in [0.25, 0.3) is 10.8 Å². The molecule has 0 atom stereocenters. The van der Waals surface area contributed by atoms with Gasteiger partial charge in [-0.05, 0) is 34.5 Å². The summed E-state index contributed by atoms with van der Waals surface area (Å²) in [6.07, 6.45) is 1.31. The number of carbonyl (C=O) groups is 1. The van der Waals surface area contributed by atoms with Crippen molar-refractivity contribution < 1.29 is 9.53 Å². The van der Waals surface area contributed by atoms with Crippen LogP contribution in [0.3, 0.4) is 0 Å². The minimum Gasteiger partial charge on any atom is -0.488 e. The first kappa shape index (κ1) is 18.6. The molecule has 5 nitrogen and oxygen atoms in total. The summed E-state index contributed by atoms with van der Waals surface area (Å²) in [6, 6.07) is 21.4. The lowest BCUT2D eigenvalue weighted by atomic mass is 10.0. The highest BCUT2D eigenvalue weighted by Gasteiger charge is 2.08. The lowest BCUT2D eigenvalue weighted by molar-refractivity contribution is -0.120. The molecule has 0 saturated carbocycles. The Morgan fingerprint density at radius 1 is 1.19 bits per heavy atom. The Morgan fingerprint density at radius 3 is 2.85 bits per heavy atom. The van der Waals surface area contributed by atoms with E-state index in [-0.39, 0.29) is 6.42 Å². The van der Waals surface area contributed by atoms with Crippen molar-refractivity contribution in [1.82, 2.24) is 5.43 Å². The third-order valence-electron chi connectivity index (χ3n) is 3.84. The highest BCUT2D eigenvalue weighted by molar-refractivity contribution is 9.10. The molecule has 0 radical (unpaired) electrons. The highest BCUT2D eigenvalue weighted by Crippen LogP contribution is 2.27. The molecule has 0 bridgehead atoms. The quantitative estimate of drug-likeness (QED) is 0.468. The maximum Gasteiger partial charge on any atom is 0.254 e. The van der Waals surface area contributed by atoms with Crippen LogP contribution < -0.4 is 10.2 Å². The van der Waals surface area contributed by atoms with Gasteiger partial charge in [-0.25, -0.2) is 5.43 Å². The number of hydrazone groups is 1. The molecule has 3 aromatic carbocycles. The van der Waals surface area contributed by atoms with Crippen molar-refractivity contribution in [3.8, 4) is 11.8 Å². The molecule has 0 aliphatic carbocycles. The lowest BCUT2D eigenvalue weighted by Crippen LogP contribution is -2.16. The fraction of sp³-hybridized carbons (Fsp3) is 0.0952. The van der Waals surface area contributed by atoms with E-state index >= 15 is 0 Å². The number of nitriles is 1. The molecule has 0 aliphatic rings. The van der Waals surface area contributed by atoms with Gasteiger partial charge in [-0.1, -0.05) is 58.4 Å². The smallest absolute Gasteiger partial charge is 0.254 e. The van der Waals surface area contributed by atoms with Crippen molar-refractivity contribution in [2.45, 2.75) is 13.0 Å². The zero-order valence-corrected chi connectivity index (χ0v) is 15.9. The number of rotatable bonds is 6. The molecule has 134 valence electrons. The van der Waals surface area contributed by atoms with Crippen molar-refractivity contribution >= 4 is 38.8 Å².